The second-order valence-electron chi connectivity index (χ2n) is 7.32. The number of carbonyl (C=O) groups excluding carboxylic acids is 1. The number of aliphatic hydroxyl groups is 1. The number of esters is 1. The Hall–Kier alpha value is -0.830. The average molecular weight is 266 g/mol. The van der Waals surface area contributed by atoms with E-state index in [1.54, 1.807) is 6.92 Å². The summed E-state index contributed by atoms with van der Waals surface area (Å²) in [7, 11) is 0. The second kappa shape index (κ2) is 4.62. The molecule has 1 N–H and O–H groups in total. The van der Waals surface area contributed by atoms with Gasteiger partial charge in [-0.2, -0.15) is 0 Å². The number of ether oxygens (including phenoxy) is 1. The van der Waals surface area contributed by atoms with Crippen molar-refractivity contribution >= 4 is 5.97 Å². The smallest absolute Gasteiger partial charge is 0.333 e. The number of carbonyl (C=O) groups is 1. The molecule has 0 spiro atoms. The van der Waals surface area contributed by atoms with Crippen molar-refractivity contribution in [2.75, 3.05) is 0 Å². The van der Waals surface area contributed by atoms with Gasteiger partial charge >= 0.3 is 5.97 Å². The normalized spacial score (nSPS) is 45.6. The monoisotopic (exact) mass is 266 g/mol. The third-order valence-electron chi connectivity index (χ3n) is 4.98. The minimum Gasteiger partial charge on any atom is -0.459 e. The van der Waals surface area contributed by atoms with Gasteiger partial charge in [-0.3, -0.25) is 0 Å². The molecule has 0 aromatic carbocycles. The molecule has 0 saturated heterocycles. The van der Waals surface area contributed by atoms with Crippen LogP contribution in [0.4, 0.5) is 0 Å². The summed E-state index contributed by atoms with van der Waals surface area (Å²) < 4.78 is 5.57. The number of fused-ring (bicyclic) bond motifs is 2. The summed E-state index contributed by atoms with van der Waals surface area (Å²) in [5, 5.41) is 10.9. The largest absolute Gasteiger partial charge is 0.459 e. The van der Waals surface area contributed by atoms with Gasteiger partial charge in [0.2, 0.25) is 0 Å². The molecule has 2 aliphatic rings. The van der Waals surface area contributed by atoms with Gasteiger partial charge in [0.05, 0.1) is 5.60 Å². The molecule has 0 amide bonds. The maximum atomic E-state index is 11.7. The van der Waals surface area contributed by atoms with E-state index in [9.17, 15) is 9.90 Å². The predicted octanol–water partition coefficient (Wildman–Crippen LogP) is 3.07. The molecule has 5 atom stereocenters. The van der Waals surface area contributed by atoms with Crippen LogP contribution in [0.5, 0.6) is 0 Å². The lowest BCUT2D eigenvalue weighted by atomic mass is 9.54. The molecule has 0 heterocycles. The molecule has 0 aliphatic heterocycles. The third kappa shape index (κ3) is 2.71. The number of hydrogen-bond donors (Lipinski definition) is 1. The van der Waals surface area contributed by atoms with Crippen LogP contribution in [-0.2, 0) is 9.53 Å². The summed E-state index contributed by atoms with van der Waals surface area (Å²) in [5.41, 5.74) is -0.183. The van der Waals surface area contributed by atoms with Crippen LogP contribution in [0, 0.1) is 17.3 Å². The second-order valence-corrected chi connectivity index (χ2v) is 7.32. The van der Waals surface area contributed by atoms with E-state index < -0.39 is 5.60 Å². The first-order chi connectivity index (χ1) is 8.65. The van der Waals surface area contributed by atoms with Crippen LogP contribution >= 0.6 is 0 Å². The summed E-state index contributed by atoms with van der Waals surface area (Å²) in [6.45, 7) is 11.7. The highest BCUT2D eigenvalue weighted by Crippen LogP contribution is 2.55. The Morgan fingerprint density at radius 1 is 1.32 bits per heavy atom. The Labute approximate surface area is 116 Å². The van der Waals surface area contributed by atoms with Crippen molar-refractivity contribution in [2.24, 2.45) is 17.3 Å². The first-order valence-electron chi connectivity index (χ1n) is 7.24. The highest BCUT2D eigenvalue weighted by molar-refractivity contribution is 5.87. The summed E-state index contributed by atoms with van der Waals surface area (Å²) in [5.74, 6) is 0.188. The topological polar surface area (TPSA) is 46.5 Å². The Balaban J connectivity index is 2.20. The fourth-order valence-electron chi connectivity index (χ4n) is 4.29. The SMILES string of the molecule is C=C(C)C(=O)OC1CC2(C)CC(C)CC(O)(C2)C1C. The molecule has 2 fully saturated rings. The predicted molar refractivity (Wildman–Crippen MR) is 74.5 cm³/mol. The first kappa shape index (κ1) is 14.6. The lowest BCUT2D eigenvalue weighted by Gasteiger charge is -2.56. The molecule has 3 nitrogen and oxygen atoms in total. The van der Waals surface area contributed by atoms with Crippen LogP contribution in [0.2, 0.25) is 0 Å². The van der Waals surface area contributed by atoms with E-state index in [-0.39, 0.29) is 23.4 Å². The van der Waals surface area contributed by atoms with Crippen molar-refractivity contribution in [1.82, 2.24) is 0 Å². The molecule has 2 bridgehead atoms. The molecule has 3 heteroatoms. The van der Waals surface area contributed by atoms with Gasteiger partial charge in [0.25, 0.3) is 0 Å². The number of hydrogen-bond acceptors (Lipinski definition) is 3. The molecular formula is C16H26O3. The van der Waals surface area contributed by atoms with E-state index in [1.807, 2.05) is 6.92 Å². The molecule has 2 rings (SSSR count). The summed E-state index contributed by atoms with van der Waals surface area (Å²) in [4.78, 5) is 11.7. The average Bonchev–Trinajstić information content (AvgIpc) is 2.23. The van der Waals surface area contributed by atoms with Gasteiger partial charge < -0.3 is 9.84 Å². The number of rotatable bonds is 2. The van der Waals surface area contributed by atoms with E-state index in [1.165, 1.54) is 0 Å². The molecule has 19 heavy (non-hydrogen) atoms. The van der Waals surface area contributed by atoms with Crippen molar-refractivity contribution < 1.29 is 14.6 Å². The van der Waals surface area contributed by atoms with Gasteiger partial charge in [-0.05, 0) is 43.9 Å². The molecule has 2 saturated carbocycles. The van der Waals surface area contributed by atoms with Gasteiger partial charge in [-0.25, -0.2) is 4.79 Å². The van der Waals surface area contributed by atoms with Crippen LogP contribution in [0.15, 0.2) is 12.2 Å². The van der Waals surface area contributed by atoms with Crippen molar-refractivity contribution in [2.45, 2.75) is 65.1 Å². The molecule has 5 unspecified atom stereocenters. The zero-order chi connectivity index (χ0) is 14.4. The molecule has 0 radical (unpaired) electrons. The van der Waals surface area contributed by atoms with Crippen LogP contribution in [0.3, 0.4) is 0 Å². The Morgan fingerprint density at radius 3 is 2.53 bits per heavy atom. The van der Waals surface area contributed by atoms with Gasteiger partial charge in [0.15, 0.2) is 0 Å². The highest BCUT2D eigenvalue weighted by Gasteiger charge is 2.55. The Morgan fingerprint density at radius 2 is 1.95 bits per heavy atom. The lowest BCUT2D eigenvalue weighted by Crippen LogP contribution is -2.57. The van der Waals surface area contributed by atoms with Crippen LogP contribution in [0.1, 0.15) is 53.4 Å². The lowest BCUT2D eigenvalue weighted by molar-refractivity contribution is -0.191. The van der Waals surface area contributed by atoms with E-state index in [2.05, 4.69) is 20.4 Å². The quantitative estimate of drug-likeness (QED) is 0.617. The summed E-state index contributed by atoms with van der Waals surface area (Å²) in [6, 6.07) is 0. The molecule has 108 valence electrons. The fraction of sp³-hybridized carbons (Fsp3) is 0.812. The standard InChI is InChI=1S/C16H26O3/c1-10(2)14(17)19-13-8-15(5)6-11(3)7-16(18,9-15)12(13)4/h11-13,18H,1,6-9H2,2-5H3. The minimum atomic E-state index is -0.690. The van der Waals surface area contributed by atoms with Crippen LogP contribution in [0.25, 0.3) is 0 Å². The van der Waals surface area contributed by atoms with Gasteiger partial charge in [0, 0.05) is 11.5 Å². The van der Waals surface area contributed by atoms with Crippen molar-refractivity contribution in [1.29, 1.82) is 0 Å². The Bertz CT molecular complexity index is 403. The highest BCUT2D eigenvalue weighted by atomic mass is 16.5. The van der Waals surface area contributed by atoms with Crippen molar-refractivity contribution in [3.8, 4) is 0 Å². The molecule has 0 aromatic heterocycles. The first-order valence-corrected chi connectivity index (χ1v) is 7.24. The zero-order valence-electron chi connectivity index (χ0n) is 12.5. The third-order valence-corrected chi connectivity index (χ3v) is 4.98. The van der Waals surface area contributed by atoms with E-state index in [4.69, 9.17) is 4.74 Å². The Kier molecular flexibility index (Phi) is 3.54. The minimum absolute atomic E-state index is 0.00775. The molecule has 2 aliphatic carbocycles. The van der Waals surface area contributed by atoms with E-state index in [0.717, 1.165) is 25.7 Å². The van der Waals surface area contributed by atoms with E-state index in [0.29, 0.717) is 11.5 Å². The van der Waals surface area contributed by atoms with E-state index >= 15 is 0 Å². The summed E-state index contributed by atoms with van der Waals surface area (Å²) >= 11 is 0. The summed E-state index contributed by atoms with van der Waals surface area (Å²) in [6.07, 6.45) is 3.39. The zero-order valence-corrected chi connectivity index (χ0v) is 12.5. The van der Waals surface area contributed by atoms with Crippen LogP contribution in [-0.4, -0.2) is 22.8 Å². The molecular weight excluding hydrogens is 240 g/mol. The maximum absolute atomic E-state index is 11.7. The van der Waals surface area contributed by atoms with Gasteiger partial charge in [0.1, 0.15) is 6.10 Å². The fourth-order valence-corrected chi connectivity index (χ4v) is 4.29. The van der Waals surface area contributed by atoms with Crippen LogP contribution < -0.4 is 0 Å². The maximum Gasteiger partial charge on any atom is 0.333 e. The molecule has 0 aromatic rings. The van der Waals surface area contributed by atoms with Crippen molar-refractivity contribution in [3.05, 3.63) is 12.2 Å². The van der Waals surface area contributed by atoms with Gasteiger partial charge in [-0.1, -0.05) is 27.4 Å². The van der Waals surface area contributed by atoms with Gasteiger partial charge in [-0.15, -0.1) is 0 Å². The van der Waals surface area contributed by atoms with Crippen molar-refractivity contribution in [3.63, 3.8) is 0 Å².